The van der Waals surface area contributed by atoms with Crippen molar-refractivity contribution in [3.05, 3.63) is 23.8 Å². The van der Waals surface area contributed by atoms with Crippen LogP contribution in [0.2, 0.25) is 0 Å². The zero-order valence-corrected chi connectivity index (χ0v) is 11.1. The van der Waals surface area contributed by atoms with Crippen LogP contribution in [-0.2, 0) is 11.2 Å². The van der Waals surface area contributed by atoms with Gasteiger partial charge >= 0.3 is 0 Å². The maximum Gasteiger partial charge on any atom is 0.227 e. The van der Waals surface area contributed by atoms with Gasteiger partial charge in [-0.1, -0.05) is 13.8 Å². The predicted octanol–water partition coefficient (Wildman–Crippen LogP) is 1.53. The average molecular weight is 247 g/mol. The van der Waals surface area contributed by atoms with Crippen molar-refractivity contribution in [2.75, 3.05) is 23.7 Å². The van der Waals surface area contributed by atoms with Crippen molar-refractivity contribution in [2.24, 2.45) is 11.1 Å². The molecular formula is C14H21N3O. The fourth-order valence-corrected chi connectivity index (χ4v) is 2.25. The minimum absolute atomic E-state index is 0.0777. The van der Waals surface area contributed by atoms with E-state index in [0.717, 1.165) is 23.4 Å². The van der Waals surface area contributed by atoms with Crippen LogP contribution in [0.5, 0.6) is 0 Å². The van der Waals surface area contributed by atoms with Crippen LogP contribution in [0.25, 0.3) is 0 Å². The molecule has 0 radical (unpaired) electrons. The van der Waals surface area contributed by atoms with Gasteiger partial charge in [0.2, 0.25) is 5.91 Å². The molecule has 0 aromatic heterocycles. The number of nitrogens with two attached hydrogens (primary N) is 2. The van der Waals surface area contributed by atoms with Crippen molar-refractivity contribution < 1.29 is 4.79 Å². The Kier molecular flexibility index (Phi) is 3.30. The molecule has 4 nitrogen and oxygen atoms in total. The molecule has 1 amide bonds. The van der Waals surface area contributed by atoms with E-state index in [1.807, 2.05) is 23.1 Å². The number of nitrogens with zero attached hydrogens (tertiary/aromatic N) is 1. The van der Waals surface area contributed by atoms with Gasteiger partial charge in [0.05, 0.1) is 0 Å². The Balaban J connectivity index is 2.34. The predicted molar refractivity (Wildman–Crippen MR) is 74.4 cm³/mol. The largest absolute Gasteiger partial charge is 0.399 e. The number of rotatable bonds is 3. The molecule has 0 saturated carbocycles. The Bertz CT molecular complexity index is 468. The molecule has 4 heteroatoms. The van der Waals surface area contributed by atoms with Crippen molar-refractivity contribution in [1.29, 1.82) is 0 Å². The molecule has 0 fully saturated rings. The smallest absolute Gasteiger partial charge is 0.227 e. The Hall–Kier alpha value is -1.55. The summed E-state index contributed by atoms with van der Waals surface area (Å²) in [4.78, 5) is 13.9. The lowest BCUT2D eigenvalue weighted by Crippen LogP contribution is -2.44. The second-order valence-corrected chi connectivity index (χ2v) is 5.74. The van der Waals surface area contributed by atoms with Gasteiger partial charge < -0.3 is 16.4 Å². The molecule has 0 atom stereocenters. The maximum atomic E-state index is 12.1. The van der Waals surface area contributed by atoms with Crippen LogP contribution in [0, 0.1) is 5.41 Å². The standard InChI is InChI=1S/C14H21N3O/c1-14(2,8-15)9-17-12-5-4-11(16)7-10(12)3-6-13(17)18/h4-5,7H,3,6,8-9,15-16H2,1-2H3. The maximum absolute atomic E-state index is 12.1. The molecular weight excluding hydrogens is 226 g/mol. The summed E-state index contributed by atoms with van der Waals surface area (Å²) in [5.74, 6) is 0.175. The molecule has 1 aliphatic heterocycles. The summed E-state index contributed by atoms with van der Waals surface area (Å²) in [6.07, 6.45) is 1.33. The van der Waals surface area contributed by atoms with Crippen LogP contribution < -0.4 is 16.4 Å². The summed E-state index contributed by atoms with van der Waals surface area (Å²) in [5.41, 5.74) is 14.4. The highest BCUT2D eigenvalue weighted by molar-refractivity contribution is 5.96. The topological polar surface area (TPSA) is 72.3 Å². The van der Waals surface area contributed by atoms with Crippen molar-refractivity contribution in [2.45, 2.75) is 26.7 Å². The number of anilines is 2. The number of carbonyl (C=O) groups is 1. The van der Waals surface area contributed by atoms with Gasteiger partial charge in [-0.2, -0.15) is 0 Å². The summed E-state index contributed by atoms with van der Waals surface area (Å²) in [7, 11) is 0. The first-order chi connectivity index (χ1) is 8.43. The van der Waals surface area contributed by atoms with E-state index in [9.17, 15) is 4.79 Å². The monoisotopic (exact) mass is 247 g/mol. The number of aryl methyl sites for hydroxylation is 1. The number of amides is 1. The fraction of sp³-hybridized carbons (Fsp3) is 0.500. The van der Waals surface area contributed by atoms with Gasteiger partial charge in [0.1, 0.15) is 0 Å². The van der Waals surface area contributed by atoms with Crippen LogP contribution in [0.15, 0.2) is 18.2 Å². The third kappa shape index (κ3) is 2.48. The van der Waals surface area contributed by atoms with Gasteiger partial charge in [0, 0.05) is 24.3 Å². The van der Waals surface area contributed by atoms with E-state index in [1.54, 1.807) is 0 Å². The number of benzene rings is 1. The third-order valence-electron chi connectivity index (χ3n) is 3.44. The molecule has 0 spiro atoms. The number of fused-ring (bicyclic) bond motifs is 1. The molecule has 0 unspecified atom stereocenters. The average Bonchev–Trinajstić information content (AvgIpc) is 2.33. The van der Waals surface area contributed by atoms with Gasteiger partial charge in [-0.15, -0.1) is 0 Å². The van der Waals surface area contributed by atoms with Crippen LogP contribution >= 0.6 is 0 Å². The molecule has 0 bridgehead atoms. The summed E-state index contributed by atoms with van der Waals surface area (Å²) < 4.78 is 0. The molecule has 1 aromatic rings. The van der Waals surface area contributed by atoms with Gasteiger partial charge in [-0.25, -0.2) is 0 Å². The van der Waals surface area contributed by atoms with E-state index in [4.69, 9.17) is 11.5 Å². The normalized spacial score (nSPS) is 15.7. The first-order valence-corrected chi connectivity index (χ1v) is 6.32. The Labute approximate surface area is 108 Å². The van der Waals surface area contributed by atoms with Crippen molar-refractivity contribution >= 4 is 17.3 Å². The van der Waals surface area contributed by atoms with Crippen molar-refractivity contribution in [3.8, 4) is 0 Å². The van der Waals surface area contributed by atoms with Crippen LogP contribution in [0.3, 0.4) is 0 Å². The van der Waals surface area contributed by atoms with Gasteiger partial charge in [0.15, 0.2) is 0 Å². The summed E-state index contributed by atoms with van der Waals surface area (Å²) in [6, 6.07) is 5.75. The summed E-state index contributed by atoms with van der Waals surface area (Å²) in [6.45, 7) is 5.36. The van der Waals surface area contributed by atoms with Crippen LogP contribution in [-0.4, -0.2) is 19.0 Å². The molecule has 98 valence electrons. The van der Waals surface area contributed by atoms with Crippen molar-refractivity contribution in [3.63, 3.8) is 0 Å². The van der Waals surface area contributed by atoms with E-state index in [1.165, 1.54) is 0 Å². The molecule has 0 aliphatic carbocycles. The molecule has 1 aliphatic rings. The number of hydrogen-bond acceptors (Lipinski definition) is 3. The van der Waals surface area contributed by atoms with E-state index in [2.05, 4.69) is 13.8 Å². The quantitative estimate of drug-likeness (QED) is 0.796. The Morgan fingerprint density at radius 2 is 2.06 bits per heavy atom. The third-order valence-corrected chi connectivity index (χ3v) is 3.44. The van der Waals surface area contributed by atoms with Crippen LogP contribution in [0.4, 0.5) is 11.4 Å². The summed E-state index contributed by atoms with van der Waals surface area (Å²) >= 11 is 0. The van der Waals surface area contributed by atoms with E-state index < -0.39 is 0 Å². The van der Waals surface area contributed by atoms with E-state index >= 15 is 0 Å². The minimum atomic E-state index is -0.0777. The second kappa shape index (κ2) is 4.61. The molecule has 4 N–H and O–H groups in total. The zero-order valence-electron chi connectivity index (χ0n) is 11.1. The molecule has 1 heterocycles. The lowest BCUT2D eigenvalue weighted by molar-refractivity contribution is -0.119. The van der Waals surface area contributed by atoms with Gasteiger partial charge in [-0.05, 0) is 42.1 Å². The lowest BCUT2D eigenvalue weighted by Gasteiger charge is -2.35. The Morgan fingerprint density at radius 1 is 1.33 bits per heavy atom. The van der Waals surface area contributed by atoms with E-state index in [0.29, 0.717) is 19.5 Å². The zero-order chi connectivity index (χ0) is 13.3. The minimum Gasteiger partial charge on any atom is -0.399 e. The fourth-order valence-electron chi connectivity index (χ4n) is 2.25. The first-order valence-electron chi connectivity index (χ1n) is 6.32. The SMILES string of the molecule is CC(C)(CN)CN1C(=O)CCc2cc(N)ccc21. The van der Waals surface area contributed by atoms with Crippen LogP contribution in [0.1, 0.15) is 25.8 Å². The Morgan fingerprint density at radius 3 is 2.72 bits per heavy atom. The highest BCUT2D eigenvalue weighted by Gasteiger charge is 2.29. The van der Waals surface area contributed by atoms with Gasteiger partial charge in [0.25, 0.3) is 0 Å². The first kappa shape index (κ1) is 12.9. The summed E-state index contributed by atoms with van der Waals surface area (Å²) in [5, 5.41) is 0. The van der Waals surface area contributed by atoms with Gasteiger partial charge in [-0.3, -0.25) is 4.79 Å². The number of carbonyl (C=O) groups excluding carboxylic acids is 1. The van der Waals surface area contributed by atoms with E-state index in [-0.39, 0.29) is 11.3 Å². The number of hydrogen-bond donors (Lipinski definition) is 2. The highest BCUT2D eigenvalue weighted by Crippen LogP contribution is 2.31. The molecule has 2 rings (SSSR count). The second-order valence-electron chi connectivity index (χ2n) is 5.74. The highest BCUT2D eigenvalue weighted by atomic mass is 16.2. The lowest BCUT2D eigenvalue weighted by atomic mass is 9.91. The number of nitrogen functional groups attached to an aromatic ring is 1. The molecule has 0 saturated heterocycles. The molecule has 18 heavy (non-hydrogen) atoms. The van der Waals surface area contributed by atoms with Crippen molar-refractivity contribution in [1.82, 2.24) is 0 Å². The molecule has 1 aromatic carbocycles.